The molecule has 2 fully saturated rings. The SMILES string of the molecule is COC(=O)N[C@H](C(=O)N1CCC[C@H]1c1ncc(-c2ccc3cc(-c4ccc(-c5cnc([C@@H]6CCCN6C(=O)[C@H](NC(=O)OC)c6ccccc6)[nH]5)cc4F)ncc3c2)[nH]1)C(C)C. The Kier molecular flexibility index (Phi) is 12.0. The normalized spacial score (nSPS) is 17.3. The number of hydrogen-bond donors (Lipinski definition) is 4. The minimum absolute atomic E-state index is 0.136. The number of methoxy groups -OCH3 is 2. The van der Waals surface area contributed by atoms with Crippen molar-refractivity contribution in [3.63, 3.8) is 0 Å². The zero-order valence-corrected chi connectivity index (χ0v) is 34.9. The van der Waals surface area contributed by atoms with E-state index < -0.39 is 30.1 Å². The van der Waals surface area contributed by atoms with Crippen LogP contribution in [0.1, 0.15) is 74.9 Å². The predicted octanol–water partition coefficient (Wildman–Crippen LogP) is 7.63. The van der Waals surface area contributed by atoms with Gasteiger partial charge in [-0.25, -0.2) is 23.9 Å². The van der Waals surface area contributed by atoms with Gasteiger partial charge in [0.1, 0.15) is 29.5 Å². The number of halogens is 1. The Hall–Kier alpha value is -7.10. The number of rotatable bonds is 11. The Bertz CT molecular complexity index is 2610. The fourth-order valence-corrected chi connectivity index (χ4v) is 8.44. The third-order valence-corrected chi connectivity index (χ3v) is 11.7. The highest BCUT2D eigenvalue weighted by molar-refractivity contribution is 5.90. The van der Waals surface area contributed by atoms with Gasteiger partial charge in [0.25, 0.3) is 5.91 Å². The quantitative estimate of drug-likeness (QED) is 0.102. The fourth-order valence-electron chi connectivity index (χ4n) is 8.44. The maximum atomic E-state index is 15.9. The Morgan fingerprint density at radius 2 is 1.31 bits per heavy atom. The molecule has 0 aliphatic carbocycles. The van der Waals surface area contributed by atoms with E-state index in [1.807, 2.05) is 50.2 Å². The van der Waals surface area contributed by atoms with E-state index in [0.29, 0.717) is 59.2 Å². The highest BCUT2D eigenvalue weighted by Gasteiger charge is 2.39. The Labute approximate surface area is 357 Å². The van der Waals surface area contributed by atoms with Crippen molar-refractivity contribution >= 4 is 34.8 Å². The summed E-state index contributed by atoms with van der Waals surface area (Å²) < 4.78 is 25.5. The molecular formula is C46H48FN9O6. The van der Waals surface area contributed by atoms with Crippen molar-refractivity contribution in [1.29, 1.82) is 0 Å². The van der Waals surface area contributed by atoms with E-state index in [2.05, 4.69) is 35.6 Å². The molecule has 0 radical (unpaired) electrons. The van der Waals surface area contributed by atoms with Crippen LogP contribution in [0.4, 0.5) is 14.0 Å². The maximum absolute atomic E-state index is 15.9. The molecular weight excluding hydrogens is 794 g/mol. The van der Waals surface area contributed by atoms with Crippen LogP contribution in [-0.2, 0) is 19.1 Å². The number of ether oxygens (including phenoxy) is 2. The van der Waals surface area contributed by atoms with Gasteiger partial charge in [-0.15, -0.1) is 0 Å². The van der Waals surface area contributed by atoms with Crippen LogP contribution in [0.25, 0.3) is 44.5 Å². The predicted molar refractivity (Wildman–Crippen MR) is 229 cm³/mol. The number of nitrogens with zero attached hydrogens (tertiary/aromatic N) is 5. The maximum Gasteiger partial charge on any atom is 0.407 e. The molecule has 3 aromatic heterocycles. The number of carbonyl (C=O) groups excluding carboxylic acids is 4. The molecule has 5 heterocycles. The summed E-state index contributed by atoms with van der Waals surface area (Å²) in [6.45, 7) is 4.81. The minimum Gasteiger partial charge on any atom is -0.453 e. The first-order valence-electron chi connectivity index (χ1n) is 20.7. The number of nitrogens with one attached hydrogen (secondary N) is 4. The molecule has 320 valence electrons. The molecule has 8 rings (SSSR count). The van der Waals surface area contributed by atoms with Crippen molar-refractivity contribution in [1.82, 2.24) is 45.4 Å². The van der Waals surface area contributed by atoms with Gasteiger partial charge in [-0.3, -0.25) is 14.6 Å². The largest absolute Gasteiger partial charge is 0.453 e. The van der Waals surface area contributed by atoms with E-state index in [-0.39, 0.29) is 29.8 Å². The van der Waals surface area contributed by atoms with Crippen LogP contribution < -0.4 is 10.6 Å². The molecule has 4 amide bonds. The summed E-state index contributed by atoms with van der Waals surface area (Å²) in [5.41, 5.74) is 4.29. The van der Waals surface area contributed by atoms with Crippen LogP contribution in [0, 0.1) is 11.7 Å². The van der Waals surface area contributed by atoms with Gasteiger partial charge in [0.2, 0.25) is 5.91 Å². The monoisotopic (exact) mass is 841 g/mol. The molecule has 15 nitrogen and oxygen atoms in total. The summed E-state index contributed by atoms with van der Waals surface area (Å²) in [6, 6.07) is 19.4. The average molecular weight is 842 g/mol. The van der Waals surface area contributed by atoms with Crippen molar-refractivity contribution in [2.75, 3.05) is 27.3 Å². The Balaban J connectivity index is 0.961. The number of aromatic nitrogens is 5. The van der Waals surface area contributed by atoms with Gasteiger partial charge in [0, 0.05) is 41.4 Å². The van der Waals surface area contributed by atoms with Gasteiger partial charge in [0.15, 0.2) is 0 Å². The number of aromatic amines is 2. The van der Waals surface area contributed by atoms with Gasteiger partial charge in [-0.05, 0) is 66.8 Å². The minimum atomic E-state index is -0.938. The van der Waals surface area contributed by atoms with Crippen molar-refractivity contribution in [3.8, 4) is 33.8 Å². The molecule has 0 spiro atoms. The first-order chi connectivity index (χ1) is 30.0. The van der Waals surface area contributed by atoms with Crippen LogP contribution >= 0.6 is 0 Å². The Morgan fingerprint density at radius 3 is 1.92 bits per heavy atom. The van der Waals surface area contributed by atoms with Crippen LogP contribution in [0.15, 0.2) is 91.4 Å². The number of H-pyrrole nitrogens is 2. The number of hydrogen-bond acceptors (Lipinski definition) is 9. The van der Waals surface area contributed by atoms with E-state index in [9.17, 15) is 19.2 Å². The lowest BCUT2D eigenvalue weighted by Gasteiger charge is -2.30. The van der Waals surface area contributed by atoms with Crippen LogP contribution in [0.2, 0.25) is 0 Å². The summed E-state index contributed by atoms with van der Waals surface area (Å²) >= 11 is 0. The molecule has 0 unspecified atom stereocenters. The second kappa shape index (κ2) is 17.9. The van der Waals surface area contributed by atoms with E-state index in [1.165, 1.54) is 20.3 Å². The molecule has 2 saturated heterocycles. The van der Waals surface area contributed by atoms with Crippen LogP contribution in [-0.4, -0.2) is 92.1 Å². The molecule has 6 aromatic rings. The smallest absolute Gasteiger partial charge is 0.407 e. The van der Waals surface area contributed by atoms with Gasteiger partial charge in [-0.2, -0.15) is 0 Å². The lowest BCUT2D eigenvalue weighted by Crippen LogP contribution is -2.51. The fraction of sp³-hybridized carbons (Fsp3) is 0.326. The third kappa shape index (κ3) is 8.44. The number of amides is 4. The molecule has 3 aromatic carbocycles. The van der Waals surface area contributed by atoms with Gasteiger partial charge < -0.3 is 39.9 Å². The number of carbonyl (C=O) groups is 4. The second-order valence-corrected chi connectivity index (χ2v) is 15.9. The highest BCUT2D eigenvalue weighted by Crippen LogP contribution is 2.36. The molecule has 0 saturated carbocycles. The van der Waals surface area contributed by atoms with Crippen LogP contribution in [0.5, 0.6) is 0 Å². The number of alkyl carbamates (subject to hydrolysis) is 2. The zero-order valence-electron chi connectivity index (χ0n) is 34.9. The third-order valence-electron chi connectivity index (χ3n) is 11.7. The summed E-state index contributed by atoms with van der Waals surface area (Å²) in [5, 5.41) is 7.08. The van der Waals surface area contributed by atoms with Gasteiger partial charge in [0.05, 0.1) is 55.8 Å². The second-order valence-electron chi connectivity index (χ2n) is 15.9. The van der Waals surface area contributed by atoms with E-state index in [0.717, 1.165) is 41.3 Å². The molecule has 62 heavy (non-hydrogen) atoms. The number of fused-ring (bicyclic) bond motifs is 1. The van der Waals surface area contributed by atoms with Gasteiger partial charge in [-0.1, -0.05) is 62.4 Å². The molecule has 4 atom stereocenters. The molecule has 0 bridgehead atoms. The van der Waals surface area contributed by atoms with Crippen molar-refractivity contribution < 1.29 is 33.0 Å². The molecule has 2 aliphatic rings. The van der Waals surface area contributed by atoms with Gasteiger partial charge >= 0.3 is 12.2 Å². The van der Waals surface area contributed by atoms with Crippen molar-refractivity contribution in [3.05, 3.63) is 114 Å². The lowest BCUT2D eigenvalue weighted by atomic mass is 10.0. The number of pyridine rings is 1. The van der Waals surface area contributed by atoms with Crippen molar-refractivity contribution in [2.24, 2.45) is 5.92 Å². The molecule has 16 heteroatoms. The first-order valence-corrected chi connectivity index (χ1v) is 20.7. The number of imidazole rings is 2. The van der Waals surface area contributed by atoms with E-state index in [4.69, 9.17) is 9.47 Å². The van der Waals surface area contributed by atoms with Crippen molar-refractivity contribution in [2.45, 2.75) is 63.7 Å². The van der Waals surface area contributed by atoms with E-state index in [1.54, 1.807) is 58.7 Å². The lowest BCUT2D eigenvalue weighted by molar-refractivity contribution is -0.135. The average Bonchev–Trinajstić information content (AvgIpc) is 4.14. The summed E-state index contributed by atoms with van der Waals surface area (Å²) in [6.07, 6.45) is 6.72. The standard InChI is InChI=1S/C46H48FN9O6/c1-26(2)39(53-45(59)61-3)43(57)55-18-8-12-37(55)41-49-24-35(51-41)29-15-14-28-22-34(48-23-31(28)20-29)32-17-16-30(21-33(32)47)36-25-50-42(52-36)38-13-9-19-56(38)44(58)40(54-46(60)62-4)27-10-6-5-7-11-27/h5-7,10-11,14-17,20-26,37-40H,8-9,12-13,18-19H2,1-4H3,(H,49,51)(H,50,52)(H,53,59)(H,54,60)/t37-,38-,39-,40+/m0/s1. The zero-order chi connectivity index (χ0) is 43.5. The number of benzene rings is 3. The summed E-state index contributed by atoms with van der Waals surface area (Å²) in [7, 11) is 2.53. The van der Waals surface area contributed by atoms with E-state index >= 15 is 4.39 Å². The topological polar surface area (TPSA) is 188 Å². The Morgan fingerprint density at radius 1 is 0.710 bits per heavy atom. The van der Waals surface area contributed by atoms with Crippen LogP contribution in [0.3, 0.4) is 0 Å². The summed E-state index contributed by atoms with van der Waals surface area (Å²) in [4.78, 5) is 75.8. The molecule has 4 N–H and O–H groups in total. The first kappa shape index (κ1) is 41.6. The molecule has 2 aliphatic heterocycles. The summed E-state index contributed by atoms with van der Waals surface area (Å²) in [5.74, 6) is 0.200. The number of likely N-dealkylation sites (tertiary alicyclic amines) is 2. The highest BCUT2D eigenvalue weighted by atomic mass is 19.1.